The van der Waals surface area contributed by atoms with Crippen molar-refractivity contribution in [3.05, 3.63) is 42.4 Å². The zero-order valence-electron chi connectivity index (χ0n) is 11.6. The highest BCUT2D eigenvalue weighted by molar-refractivity contribution is 5.78. The molecule has 0 saturated heterocycles. The summed E-state index contributed by atoms with van der Waals surface area (Å²) in [6.07, 6.45) is 0.857. The van der Waals surface area contributed by atoms with Crippen LogP contribution in [0.1, 0.15) is 12.2 Å². The zero-order chi connectivity index (χ0) is 16.1. The van der Waals surface area contributed by atoms with E-state index in [9.17, 15) is 9.59 Å². The zero-order valence-corrected chi connectivity index (χ0v) is 11.6. The minimum atomic E-state index is -1.19. The topological polar surface area (TPSA) is 126 Å². The maximum Gasteiger partial charge on any atom is 0.307 e. The van der Waals surface area contributed by atoms with E-state index in [1.807, 2.05) is 30.3 Å². The number of aliphatic carboxylic acids is 2. The molecule has 7 nitrogen and oxygen atoms in total. The molecule has 0 spiro atoms. The Balaban J connectivity index is 2.29. The molecule has 1 atom stereocenters. The lowest BCUT2D eigenvalue weighted by molar-refractivity contribution is -0.148. The Morgan fingerprint density at radius 3 is 2.45 bits per heavy atom. The molecule has 0 saturated carbocycles. The SMILES string of the molecule is Nc1cnc(C[C@@H](CC(=O)O)C(=O)O)nc1-c1ccccc1. The number of hydrogen-bond acceptors (Lipinski definition) is 5. The van der Waals surface area contributed by atoms with Crippen LogP contribution in [0.5, 0.6) is 0 Å². The first kappa shape index (κ1) is 15.4. The Morgan fingerprint density at radius 2 is 1.86 bits per heavy atom. The third-order valence-corrected chi connectivity index (χ3v) is 3.11. The van der Waals surface area contributed by atoms with Crippen molar-refractivity contribution in [3.8, 4) is 11.3 Å². The summed E-state index contributed by atoms with van der Waals surface area (Å²) in [6.45, 7) is 0. The Hall–Kier alpha value is -2.96. The molecule has 22 heavy (non-hydrogen) atoms. The molecule has 1 aromatic heterocycles. The van der Waals surface area contributed by atoms with E-state index in [1.165, 1.54) is 6.20 Å². The van der Waals surface area contributed by atoms with Gasteiger partial charge in [-0.3, -0.25) is 9.59 Å². The van der Waals surface area contributed by atoms with Gasteiger partial charge in [0.25, 0.3) is 0 Å². The molecule has 1 heterocycles. The number of carboxylic acids is 2. The number of anilines is 1. The maximum atomic E-state index is 11.1. The van der Waals surface area contributed by atoms with Gasteiger partial charge >= 0.3 is 11.9 Å². The molecular weight excluding hydrogens is 286 g/mol. The highest BCUT2D eigenvalue weighted by Gasteiger charge is 2.23. The highest BCUT2D eigenvalue weighted by Crippen LogP contribution is 2.23. The van der Waals surface area contributed by atoms with Crippen molar-refractivity contribution in [1.29, 1.82) is 0 Å². The van der Waals surface area contributed by atoms with Crippen molar-refractivity contribution >= 4 is 17.6 Å². The van der Waals surface area contributed by atoms with E-state index in [1.54, 1.807) is 0 Å². The third kappa shape index (κ3) is 3.78. The molecule has 0 radical (unpaired) electrons. The molecular formula is C15H15N3O4. The normalized spacial score (nSPS) is 11.8. The lowest BCUT2D eigenvalue weighted by atomic mass is 10.0. The summed E-state index contributed by atoms with van der Waals surface area (Å²) < 4.78 is 0. The highest BCUT2D eigenvalue weighted by atomic mass is 16.4. The molecule has 0 amide bonds. The number of benzene rings is 1. The van der Waals surface area contributed by atoms with Crippen molar-refractivity contribution in [2.75, 3.05) is 5.73 Å². The van der Waals surface area contributed by atoms with Crippen molar-refractivity contribution in [1.82, 2.24) is 9.97 Å². The van der Waals surface area contributed by atoms with Crippen LogP contribution in [-0.2, 0) is 16.0 Å². The molecule has 0 fully saturated rings. The quantitative estimate of drug-likeness (QED) is 0.736. The van der Waals surface area contributed by atoms with Crippen LogP contribution >= 0.6 is 0 Å². The molecule has 0 aliphatic carbocycles. The van der Waals surface area contributed by atoms with Crippen LogP contribution in [0, 0.1) is 5.92 Å². The average Bonchev–Trinajstić information content (AvgIpc) is 2.48. The summed E-state index contributed by atoms with van der Waals surface area (Å²) in [4.78, 5) is 30.1. The summed E-state index contributed by atoms with van der Waals surface area (Å²) in [5.74, 6) is -3.19. The predicted octanol–water partition coefficient (Wildman–Crippen LogP) is 1.44. The molecule has 0 bridgehead atoms. The third-order valence-electron chi connectivity index (χ3n) is 3.11. The molecule has 1 aromatic carbocycles. The molecule has 2 aromatic rings. The summed E-state index contributed by atoms with van der Waals surface area (Å²) >= 11 is 0. The van der Waals surface area contributed by atoms with Gasteiger partial charge in [0.15, 0.2) is 0 Å². The van der Waals surface area contributed by atoms with Crippen molar-refractivity contribution < 1.29 is 19.8 Å². The van der Waals surface area contributed by atoms with Crippen LogP contribution in [0.15, 0.2) is 36.5 Å². The van der Waals surface area contributed by atoms with Crippen LogP contribution < -0.4 is 5.73 Å². The Bertz CT molecular complexity index is 688. The fourth-order valence-corrected chi connectivity index (χ4v) is 2.03. The standard InChI is InChI=1S/C15H15N3O4/c16-11-8-17-12(6-10(15(21)22)7-13(19)20)18-14(11)9-4-2-1-3-5-9/h1-5,8,10H,6-7,16H2,(H,19,20)(H,21,22)/t10-/m0/s1. The number of nitrogens with zero attached hydrogens (tertiary/aromatic N) is 2. The maximum absolute atomic E-state index is 11.1. The lowest BCUT2D eigenvalue weighted by Crippen LogP contribution is -2.21. The number of rotatable bonds is 6. The van der Waals surface area contributed by atoms with Gasteiger partial charge in [-0.05, 0) is 0 Å². The summed E-state index contributed by atoms with van der Waals surface area (Å²) in [5, 5.41) is 17.8. The van der Waals surface area contributed by atoms with Crippen molar-refractivity contribution in [2.24, 2.45) is 5.92 Å². The van der Waals surface area contributed by atoms with Crippen LogP contribution in [-0.4, -0.2) is 32.1 Å². The Labute approximate surface area is 126 Å². The van der Waals surface area contributed by atoms with Gasteiger partial charge in [-0.2, -0.15) is 0 Å². The summed E-state index contributed by atoms with van der Waals surface area (Å²) in [5.41, 5.74) is 7.52. The molecule has 2 rings (SSSR count). The first-order valence-electron chi connectivity index (χ1n) is 6.58. The fraction of sp³-hybridized carbons (Fsp3) is 0.200. The Kier molecular flexibility index (Phi) is 4.67. The van der Waals surface area contributed by atoms with Gasteiger partial charge in [-0.25, -0.2) is 9.97 Å². The second-order valence-electron chi connectivity index (χ2n) is 4.79. The van der Waals surface area contributed by atoms with E-state index in [2.05, 4.69) is 9.97 Å². The van der Waals surface area contributed by atoms with Gasteiger partial charge in [-0.1, -0.05) is 30.3 Å². The molecule has 0 aliphatic heterocycles. The largest absolute Gasteiger partial charge is 0.481 e. The molecule has 7 heteroatoms. The minimum absolute atomic E-state index is 0.0677. The van der Waals surface area contributed by atoms with Gasteiger partial charge in [0.1, 0.15) is 5.82 Å². The van der Waals surface area contributed by atoms with E-state index in [-0.39, 0.29) is 12.2 Å². The summed E-state index contributed by atoms with van der Waals surface area (Å²) in [7, 11) is 0. The van der Waals surface area contributed by atoms with E-state index in [4.69, 9.17) is 15.9 Å². The number of nitrogen functional groups attached to an aromatic ring is 1. The van der Waals surface area contributed by atoms with Gasteiger partial charge < -0.3 is 15.9 Å². The minimum Gasteiger partial charge on any atom is -0.481 e. The number of carboxylic acid groups (broad SMARTS) is 2. The molecule has 0 aliphatic rings. The second kappa shape index (κ2) is 6.66. The van der Waals surface area contributed by atoms with Crippen molar-refractivity contribution in [3.63, 3.8) is 0 Å². The van der Waals surface area contributed by atoms with Crippen LogP contribution in [0.3, 0.4) is 0 Å². The van der Waals surface area contributed by atoms with Gasteiger partial charge in [0.05, 0.1) is 29.9 Å². The number of hydrogen-bond donors (Lipinski definition) is 3. The van der Waals surface area contributed by atoms with Gasteiger partial charge in [0, 0.05) is 12.0 Å². The summed E-state index contributed by atoms with van der Waals surface area (Å²) in [6, 6.07) is 9.18. The van der Waals surface area contributed by atoms with E-state index in [0.29, 0.717) is 11.4 Å². The van der Waals surface area contributed by atoms with Gasteiger partial charge in [0.2, 0.25) is 0 Å². The first-order chi connectivity index (χ1) is 10.5. The van der Waals surface area contributed by atoms with Crippen LogP contribution in [0.25, 0.3) is 11.3 Å². The second-order valence-corrected chi connectivity index (χ2v) is 4.79. The van der Waals surface area contributed by atoms with E-state index in [0.717, 1.165) is 5.56 Å². The first-order valence-corrected chi connectivity index (χ1v) is 6.58. The number of carbonyl (C=O) groups is 2. The average molecular weight is 301 g/mol. The number of aromatic nitrogens is 2. The number of nitrogens with two attached hydrogens (primary N) is 1. The fourth-order valence-electron chi connectivity index (χ4n) is 2.03. The lowest BCUT2D eigenvalue weighted by Gasteiger charge is -2.11. The van der Waals surface area contributed by atoms with Crippen molar-refractivity contribution in [2.45, 2.75) is 12.8 Å². The molecule has 114 valence electrons. The van der Waals surface area contributed by atoms with Gasteiger partial charge in [-0.15, -0.1) is 0 Å². The monoisotopic (exact) mass is 301 g/mol. The van der Waals surface area contributed by atoms with Crippen LogP contribution in [0.4, 0.5) is 5.69 Å². The van der Waals surface area contributed by atoms with Crippen LogP contribution in [0.2, 0.25) is 0 Å². The smallest absolute Gasteiger partial charge is 0.307 e. The Morgan fingerprint density at radius 1 is 1.18 bits per heavy atom. The predicted molar refractivity (Wildman–Crippen MR) is 79.0 cm³/mol. The van der Waals surface area contributed by atoms with E-state index < -0.39 is 24.3 Å². The molecule has 4 N–H and O–H groups in total. The van der Waals surface area contributed by atoms with E-state index >= 15 is 0 Å². The molecule has 0 unspecified atom stereocenters.